The maximum atomic E-state index is 13.0. The van der Waals surface area contributed by atoms with E-state index in [1.54, 1.807) is 19.9 Å². The van der Waals surface area contributed by atoms with E-state index in [1.807, 2.05) is 28.0 Å². The van der Waals surface area contributed by atoms with Crippen molar-refractivity contribution in [3.63, 3.8) is 0 Å². The molecule has 0 bridgehead atoms. The Morgan fingerprint density at radius 1 is 0.889 bits per heavy atom. The largest absolute Gasteiger partial charge is 0.416 e. The highest BCUT2D eigenvalue weighted by molar-refractivity contribution is 5.77. The fourth-order valence-electron chi connectivity index (χ4n) is 5.01. The van der Waals surface area contributed by atoms with Crippen molar-refractivity contribution in [2.24, 2.45) is 0 Å². The van der Waals surface area contributed by atoms with Crippen LogP contribution in [-0.2, 0) is 29.7 Å². The van der Waals surface area contributed by atoms with E-state index in [1.165, 1.54) is 12.1 Å². The van der Waals surface area contributed by atoms with Crippen molar-refractivity contribution in [2.75, 3.05) is 37.6 Å². The standard InChI is InChI=1S/C28H36F3N3O2/c1-27(2,36)23-11-10-21-19-34(20-22(21)17-23)26(35)9-4-3-5-12-32-13-15-33(16-14-32)25-8-6-7-24(18-25)28(29,30)31/h6-8,10-11,17-18,36H,3-5,9,12-16,19-20H2,1-2H3. The van der Waals surface area contributed by atoms with Gasteiger partial charge < -0.3 is 14.9 Å². The van der Waals surface area contributed by atoms with Crippen LogP contribution >= 0.6 is 0 Å². The molecule has 8 heteroatoms. The number of rotatable bonds is 8. The molecule has 196 valence electrons. The number of alkyl halides is 3. The molecule has 1 N–H and O–H groups in total. The zero-order valence-electron chi connectivity index (χ0n) is 21.2. The summed E-state index contributed by atoms with van der Waals surface area (Å²) in [6.07, 6.45) is -0.950. The molecule has 1 fully saturated rings. The van der Waals surface area contributed by atoms with E-state index in [0.29, 0.717) is 38.3 Å². The van der Waals surface area contributed by atoms with Crippen molar-refractivity contribution < 1.29 is 23.1 Å². The Kier molecular flexibility index (Phi) is 7.95. The highest BCUT2D eigenvalue weighted by atomic mass is 19.4. The molecule has 1 amide bonds. The van der Waals surface area contributed by atoms with Gasteiger partial charge in [0.15, 0.2) is 0 Å². The van der Waals surface area contributed by atoms with Gasteiger partial charge in [-0.3, -0.25) is 9.69 Å². The molecule has 0 radical (unpaired) electrons. The summed E-state index contributed by atoms with van der Waals surface area (Å²) in [5.41, 5.74) is 2.27. The van der Waals surface area contributed by atoms with Gasteiger partial charge in [-0.25, -0.2) is 0 Å². The molecule has 2 aromatic rings. The van der Waals surface area contributed by atoms with E-state index < -0.39 is 17.3 Å². The van der Waals surface area contributed by atoms with Gasteiger partial charge in [0.1, 0.15) is 0 Å². The van der Waals surface area contributed by atoms with E-state index in [2.05, 4.69) is 4.90 Å². The van der Waals surface area contributed by atoms with Crippen molar-refractivity contribution in [3.05, 3.63) is 64.7 Å². The fourth-order valence-corrected chi connectivity index (χ4v) is 5.01. The van der Waals surface area contributed by atoms with Crippen molar-refractivity contribution in [3.8, 4) is 0 Å². The van der Waals surface area contributed by atoms with Crippen LogP contribution in [0.4, 0.5) is 18.9 Å². The van der Waals surface area contributed by atoms with Crippen LogP contribution in [-0.4, -0.2) is 53.5 Å². The van der Waals surface area contributed by atoms with E-state index in [0.717, 1.165) is 61.7 Å². The van der Waals surface area contributed by atoms with E-state index in [9.17, 15) is 23.1 Å². The zero-order valence-corrected chi connectivity index (χ0v) is 21.2. The molecule has 0 atom stereocenters. The van der Waals surface area contributed by atoms with Gasteiger partial charge in [0, 0.05) is 51.4 Å². The lowest BCUT2D eigenvalue weighted by molar-refractivity contribution is -0.137. The summed E-state index contributed by atoms with van der Waals surface area (Å²) in [4.78, 5) is 19.0. The van der Waals surface area contributed by atoms with E-state index in [4.69, 9.17) is 0 Å². The second kappa shape index (κ2) is 10.8. The summed E-state index contributed by atoms with van der Waals surface area (Å²) in [5, 5.41) is 10.2. The predicted octanol–water partition coefficient (Wildman–Crippen LogP) is 5.16. The van der Waals surface area contributed by atoms with Gasteiger partial charge >= 0.3 is 6.18 Å². The molecule has 1 saturated heterocycles. The zero-order chi connectivity index (χ0) is 25.9. The first kappa shape index (κ1) is 26.5. The first-order valence-electron chi connectivity index (χ1n) is 12.8. The summed E-state index contributed by atoms with van der Waals surface area (Å²) in [6, 6.07) is 11.5. The van der Waals surface area contributed by atoms with Crippen LogP contribution in [0.1, 0.15) is 61.8 Å². The molecule has 0 aromatic heterocycles. The average Bonchev–Trinajstić information content (AvgIpc) is 3.27. The molecule has 2 aromatic carbocycles. The number of nitrogens with zero attached hydrogens (tertiary/aromatic N) is 3. The summed E-state index contributed by atoms with van der Waals surface area (Å²) in [7, 11) is 0. The quantitative estimate of drug-likeness (QED) is 0.506. The van der Waals surface area contributed by atoms with Gasteiger partial charge in [0.2, 0.25) is 5.91 Å². The monoisotopic (exact) mass is 503 g/mol. The minimum atomic E-state index is -4.32. The van der Waals surface area contributed by atoms with Crippen LogP contribution in [0, 0.1) is 0 Å². The topological polar surface area (TPSA) is 47.0 Å². The molecule has 2 aliphatic heterocycles. The minimum absolute atomic E-state index is 0.172. The van der Waals surface area contributed by atoms with Crippen LogP contribution in [0.25, 0.3) is 0 Å². The maximum Gasteiger partial charge on any atom is 0.416 e. The minimum Gasteiger partial charge on any atom is -0.386 e. The molecule has 2 heterocycles. The fraction of sp³-hybridized carbons (Fsp3) is 0.536. The number of halogens is 3. The maximum absolute atomic E-state index is 13.0. The number of carbonyl (C=O) groups excluding carboxylic acids is 1. The highest BCUT2D eigenvalue weighted by Crippen LogP contribution is 2.32. The molecule has 0 spiro atoms. The molecule has 4 rings (SSSR count). The molecule has 36 heavy (non-hydrogen) atoms. The molecule has 0 saturated carbocycles. The van der Waals surface area contributed by atoms with Crippen LogP contribution < -0.4 is 4.90 Å². The van der Waals surface area contributed by atoms with E-state index >= 15 is 0 Å². The second-order valence-electron chi connectivity index (χ2n) is 10.5. The summed E-state index contributed by atoms with van der Waals surface area (Å²) < 4.78 is 39.0. The number of hydrogen-bond donors (Lipinski definition) is 1. The number of unbranched alkanes of at least 4 members (excludes halogenated alkanes) is 2. The smallest absolute Gasteiger partial charge is 0.386 e. The third kappa shape index (κ3) is 6.59. The molecule has 0 unspecified atom stereocenters. The highest BCUT2D eigenvalue weighted by Gasteiger charge is 2.31. The summed E-state index contributed by atoms with van der Waals surface area (Å²) >= 11 is 0. The third-order valence-electron chi connectivity index (χ3n) is 7.26. The van der Waals surface area contributed by atoms with Gasteiger partial charge in [0.25, 0.3) is 0 Å². The van der Waals surface area contributed by atoms with Gasteiger partial charge in [-0.05, 0) is 68.1 Å². The number of anilines is 1. The number of carbonyl (C=O) groups is 1. The van der Waals surface area contributed by atoms with E-state index in [-0.39, 0.29) is 5.91 Å². The summed E-state index contributed by atoms with van der Waals surface area (Å²) in [5.74, 6) is 0.172. The van der Waals surface area contributed by atoms with Crippen LogP contribution in [0.3, 0.4) is 0 Å². The first-order chi connectivity index (χ1) is 17.0. The van der Waals surface area contributed by atoms with Gasteiger partial charge in [-0.1, -0.05) is 30.7 Å². The van der Waals surface area contributed by atoms with Crippen molar-refractivity contribution >= 4 is 11.6 Å². The first-order valence-corrected chi connectivity index (χ1v) is 12.8. The third-order valence-corrected chi connectivity index (χ3v) is 7.26. The SMILES string of the molecule is CC(C)(O)c1ccc2c(c1)CN(C(=O)CCCCCN1CCN(c3cccc(C(F)(F)F)c3)CC1)C2. The molecule has 5 nitrogen and oxygen atoms in total. The van der Waals surface area contributed by atoms with Crippen molar-refractivity contribution in [2.45, 2.75) is 64.4 Å². The molecular weight excluding hydrogens is 467 g/mol. The second-order valence-corrected chi connectivity index (χ2v) is 10.5. The Labute approximate surface area is 211 Å². The Morgan fingerprint density at radius 3 is 2.31 bits per heavy atom. The van der Waals surface area contributed by atoms with Crippen LogP contribution in [0.15, 0.2) is 42.5 Å². The van der Waals surface area contributed by atoms with Crippen LogP contribution in [0.5, 0.6) is 0 Å². The Balaban J connectivity index is 1.13. The van der Waals surface area contributed by atoms with Gasteiger partial charge in [0.05, 0.1) is 11.2 Å². The molecule has 2 aliphatic rings. The number of aliphatic hydroxyl groups is 1. The number of hydrogen-bond acceptors (Lipinski definition) is 4. The van der Waals surface area contributed by atoms with Gasteiger partial charge in [-0.15, -0.1) is 0 Å². The number of fused-ring (bicyclic) bond motifs is 1. The predicted molar refractivity (Wildman–Crippen MR) is 135 cm³/mol. The Morgan fingerprint density at radius 2 is 1.61 bits per heavy atom. The van der Waals surface area contributed by atoms with Crippen molar-refractivity contribution in [1.82, 2.24) is 9.80 Å². The Hall–Kier alpha value is -2.58. The van der Waals surface area contributed by atoms with Crippen LogP contribution in [0.2, 0.25) is 0 Å². The number of piperazine rings is 1. The Bertz CT molecular complexity index is 1060. The average molecular weight is 504 g/mol. The lowest BCUT2D eigenvalue weighted by Gasteiger charge is -2.36. The normalized spacial score (nSPS) is 16.9. The lowest BCUT2D eigenvalue weighted by Crippen LogP contribution is -2.46. The molecular formula is C28H36F3N3O2. The van der Waals surface area contributed by atoms with Crippen molar-refractivity contribution in [1.29, 1.82) is 0 Å². The summed E-state index contributed by atoms with van der Waals surface area (Å²) in [6.45, 7) is 8.80. The lowest BCUT2D eigenvalue weighted by atomic mass is 9.95. The number of amides is 1. The van der Waals surface area contributed by atoms with Gasteiger partial charge in [-0.2, -0.15) is 13.2 Å². The number of benzene rings is 2. The molecule has 0 aliphatic carbocycles.